The number of benzene rings is 1. The van der Waals surface area contributed by atoms with Crippen LogP contribution in [0, 0.1) is 11.8 Å². The molecule has 34 heavy (non-hydrogen) atoms. The summed E-state index contributed by atoms with van der Waals surface area (Å²) in [6, 6.07) is 7.91. The van der Waals surface area contributed by atoms with Gasteiger partial charge in [0.2, 0.25) is 0 Å². The second-order valence-corrected chi connectivity index (χ2v) is 15.5. The Morgan fingerprint density at radius 1 is 1.09 bits per heavy atom. The topological polar surface area (TPSA) is 57.2 Å². The molecule has 0 N–H and O–H groups in total. The summed E-state index contributed by atoms with van der Waals surface area (Å²) in [7, 11) is 2.68. The summed E-state index contributed by atoms with van der Waals surface area (Å²) in [6.07, 6.45) is 1.85. The summed E-state index contributed by atoms with van der Waals surface area (Å²) in [6.45, 7) is 19.8. The largest absolute Gasteiger partial charge is 0.497 e. The molecule has 194 valence electrons. The highest BCUT2D eigenvalue weighted by Gasteiger charge is 2.42. The first kappa shape index (κ1) is 30.4. The summed E-state index contributed by atoms with van der Waals surface area (Å²) in [5.74, 6) is 0.499. The molecule has 0 spiro atoms. The molecule has 6 nitrogen and oxygen atoms in total. The van der Waals surface area contributed by atoms with Gasteiger partial charge in [-0.05, 0) is 55.2 Å². The van der Waals surface area contributed by atoms with Gasteiger partial charge in [0.1, 0.15) is 5.75 Å². The van der Waals surface area contributed by atoms with Crippen LogP contribution in [-0.4, -0.2) is 52.8 Å². The Balaban J connectivity index is 3.04. The predicted molar refractivity (Wildman–Crippen MR) is 141 cm³/mol. The zero-order chi connectivity index (χ0) is 26.3. The number of hydroxylamine groups is 2. The molecule has 0 saturated carbocycles. The normalized spacial score (nSPS) is 16.5. The molecule has 0 aliphatic rings. The molecule has 0 aliphatic carbocycles. The molecular formula is C27H47NO5Si. The Hall–Kier alpha value is -1.67. The minimum absolute atomic E-state index is 0.00164. The van der Waals surface area contributed by atoms with Crippen molar-refractivity contribution in [1.82, 2.24) is 5.06 Å². The van der Waals surface area contributed by atoms with Crippen molar-refractivity contribution < 1.29 is 23.5 Å². The van der Waals surface area contributed by atoms with Crippen molar-refractivity contribution in [3.8, 4) is 5.75 Å². The number of hydrogen-bond donors (Lipinski definition) is 0. The number of rotatable bonds is 12. The fourth-order valence-electron chi connectivity index (χ4n) is 3.34. The van der Waals surface area contributed by atoms with Crippen LogP contribution in [0.2, 0.25) is 18.1 Å². The van der Waals surface area contributed by atoms with Gasteiger partial charge in [0.25, 0.3) is 5.91 Å². The van der Waals surface area contributed by atoms with Gasteiger partial charge in [-0.15, -0.1) is 0 Å². The van der Waals surface area contributed by atoms with Crippen molar-refractivity contribution in [3.63, 3.8) is 0 Å². The first-order valence-electron chi connectivity index (χ1n) is 12.1. The van der Waals surface area contributed by atoms with Gasteiger partial charge in [-0.2, -0.15) is 0 Å². The lowest BCUT2D eigenvalue weighted by molar-refractivity contribution is -0.175. The predicted octanol–water partition coefficient (Wildman–Crippen LogP) is 6.23. The molecule has 0 radical (unpaired) electrons. The van der Waals surface area contributed by atoms with Gasteiger partial charge in [-0.1, -0.05) is 52.8 Å². The third kappa shape index (κ3) is 8.52. The first-order valence-corrected chi connectivity index (χ1v) is 15.0. The average molecular weight is 494 g/mol. The van der Waals surface area contributed by atoms with Crippen LogP contribution in [0.25, 0.3) is 0 Å². The van der Waals surface area contributed by atoms with Crippen LogP contribution >= 0.6 is 0 Å². The number of nitrogens with zero attached hydrogens (tertiary/aromatic N) is 1. The Labute approximate surface area is 208 Å². The van der Waals surface area contributed by atoms with Crippen molar-refractivity contribution in [2.24, 2.45) is 11.8 Å². The second kappa shape index (κ2) is 12.9. The lowest BCUT2D eigenvalue weighted by atomic mass is 9.93. The summed E-state index contributed by atoms with van der Waals surface area (Å²) in [5, 5.41) is 1.31. The van der Waals surface area contributed by atoms with Crippen LogP contribution in [0.15, 0.2) is 35.9 Å². The molecule has 0 bridgehead atoms. The number of ether oxygens (including phenoxy) is 2. The Morgan fingerprint density at radius 2 is 1.65 bits per heavy atom. The number of carbonyl (C=O) groups is 1. The SMILES string of the molecule is COc1ccc(CO[C@@H](C)[C@@H](C)/C=C(\C)[C@H](O[Si](C)(C)C(C)(C)C)[C@@H](C)C(=O)N(C)OC)cc1. The Morgan fingerprint density at radius 3 is 2.12 bits per heavy atom. The summed E-state index contributed by atoms with van der Waals surface area (Å²) in [4.78, 5) is 18.1. The number of amides is 1. The van der Waals surface area contributed by atoms with E-state index in [1.165, 1.54) is 12.2 Å². The van der Waals surface area contributed by atoms with E-state index < -0.39 is 8.32 Å². The van der Waals surface area contributed by atoms with Gasteiger partial charge in [-0.3, -0.25) is 9.63 Å². The maximum absolute atomic E-state index is 13.0. The fourth-order valence-corrected chi connectivity index (χ4v) is 4.71. The molecule has 1 rings (SSSR count). The standard InChI is InChI=1S/C27H47NO5Si/c1-19(22(4)32-18-23-13-15-24(30-9)16-14-23)17-20(2)25(21(3)26(29)28(8)31-10)33-34(11,12)27(5,6)7/h13-17,19,21-22,25H,18H2,1-12H3/b20-17+/t19-,21+,22-,25-/m0/s1. The van der Waals surface area contributed by atoms with E-state index in [0.29, 0.717) is 6.61 Å². The molecule has 0 aliphatic heterocycles. The van der Waals surface area contributed by atoms with Gasteiger partial charge in [0, 0.05) is 13.0 Å². The number of carbonyl (C=O) groups excluding carboxylic acids is 1. The van der Waals surface area contributed by atoms with E-state index in [4.69, 9.17) is 18.7 Å². The molecule has 1 amide bonds. The van der Waals surface area contributed by atoms with Crippen LogP contribution in [0.5, 0.6) is 5.75 Å². The number of methoxy groups -OCH3 is 1. The van der Waals surface area contributed by atoms with Crippen LogP contribution in [-0.2, 0) is 25.4 Å². The van der Waals surface area contributed by atoms with E-state index in [0.717, 1.165) is 16.9 Å². The van der Waals surface area contributed by atoms with Crippen molar-refractivity contribution in [1.29, 1.82) is 0 Å². The van der Waals surface area contributed by atoms with Gasteiger partial charge in [-0.25, -0.2) is 5.06 Å². The van der Waals surface area contributed by atoms with Crippen LogP contribution < -0.4 is 4.74 Å². The van der Waals surface area contributed by atoms with E-state index in [9.17, 15) is 4.79 Å². The highest BCUT2D eigenvalue weighted by molar-refractivity contribution is 6.74. The molecule has 0 saturated heterocycles. The molecule has 0 heterocycles. The van der Waals surface area contributed by atoms with Crippen molar-refractivity contribution in [2.45, 2.75) is 85.4 Å². The highest BCUT2D eigenvalue weighted by Crippen LogP contribution is 2.39. The third-order valence-electron chi connectivity index (χ3n) is 7.04. The van der Waals surface area contributed by atoms with Crippen molar-refractivity contribution in [2.75, 3.05) is 21.3 Å². The molecule has 4 atom stereocenters. The molecule has 0 fully saturated rings. The zero-order valence-electron chi connectivity index (χ0n) is 23.4. The molecular weight excluding hydrogens is 446 g/mol. The number of hydrogen-bond acceptors (Lipinski definition) is 5. The maximum Gasteiger partial charge on any atom is 0.251 e. The van der Waals surface area contributed by atoms with Crippen LogP contribution in [0.1, 0.15) is 54.0 Å². The molecule has 7 heteroatoms. The Kier molecular flexibility index (Phi) is 11.5. The summed E-state index contributed by atoms with van der Waals surface area (Å²) < 4.78 is 18.2. The van der Waals surface area contributed by atoms with Gasteiger partial charge in [0.15, 0.2) is 8.32 Å². The second-order valence-electron chi connectivity index (χ2n) is 10.7. The molecule has 1 aromatic carbocycles. The maximum atomic E-state index is 13.0. The van der Waals surface area contributed by atoms with Crippen molar-refractivity contribution >= 4 is 14.2 Å². The van der Waals surface area contributed by atoms with Crippen LogP contribution in [0.3, 0.4) is 0 Å². The highest BCUT2D eigenvalue weighted by atomic mass is 28.4. The van der Waals surface area contributed by atoms with Gasteiger partial charge >= 0.3 is 0 Å². The minimum Gasteiger partial charge on any atom is -0.497 e. The molecule has 1 aromatic rings. The van der Waals surface area contributed by atoms with E-state index in [1.807, 2.05) is 31.2 Å². The minimum atomic E-state index is -2.12. The lowest BCUT2D eigenvalue weighted by Crippen LogP contribution is -2.48. The lowest BCUT2D eigenvalue weighted by Gasteiger charge is -2.41. The molecule has 0 unspecified atom stereocenters. The van der Waals surface area contributed by atoms with Gasteiger partial charge < -0.3 is 13.9 Å². The van der Waals surface area contributed by atoms with E-state index in [1.54, 1.807) is 14.2 Å². The molecule has 0 aromatic heterocycles. The quantitative estimate of drug-likeness (QED) is 0.196. The fraction of sp³-hybridized carbons (Fsp3) is 0.667. The first-order chi connectivity index (χ1) is 15.6. The van der Waals surface area contributed by atoms with E-state index in [2.05, 4.69) is 60.7 Å². The summed E-state index contributed by atoms with van der Waals surface area (Å²) >= 11 is 0. The van der Waals surface area contributed by atoms with Crippen molar-refractivity contribution in [3.05, 3.63) is 41.5 Å². The van der Waals surface area contributed by atoms with Crippen LogP contribution in [0.4, 0.5) is 0 Å². The van der Waals surface area contributed by atoms with E-state index >= 15 is 0 Å². The third-order valence-corrected chi connectivity index (χ3v) is 11.5. The summed E-state index contributed by atoms with van der Waals surface area (Å²) in [5.41, 5.74) is 2.14. The van der Waals surface area contributed by atoms with E-state index in [-0.39, 0.29) is 35.0 Å². The van der Waals surface area contributed by atoms with Gasteiger partial charge in [0.05, 0.1) is 39.0 Å². The Bertz CT molecular complexity index is 800. The average Bonchev–Trinajstić information content (AvgIpc) is 2.78. The smallest absolute Gasteiger partial charge is 0.251 e. The monoisotopic (exact) mass is 493 g/mol. The zero-order valence-corrected chi connectivity index (χ0v) is 24.4.